The minimum atomic E-state index is -0.637. The van der Waals surface area contributed by atoms with Crippen molar-refractivity contribution in [2.75, 3.05) is 0 Å². The van der Waals surface area contributed by atoms with Crippen LogP contribution in [0.15, 0.2) is 45.8 Å². The van der Waals surface area contributed by atoms with E-state index in [1.807, 2.05) is 30.3 Å². The van der Waals surface area contributed by atoms with Gasteiger partial charge in [-0.25, -0.2) is 14.8 Å². The Morgan fingerprint density at radius 1 is 1.20 bits per heavy atom. The van der Waals surface area contributed by atoms with Crippen LogP contribution in [0.5, 0.6) is 0 Å². The van der Waals surface area contributed by atoms with Crippen molar-refractivity contribution in [1.29, 1.82) is 0 Å². The summed E-state index contributed by atoms with van der Waals surface area (Å²) in [5, 5.41) is 4.39. The van der Waals surface area contributed by atoms with Crippen LogP contribution in [0.3, 0.4) is 0 Å². The molecule has 8 heteroatoms. The monoisotopic (exact) mass is 423 g/mol. The number of aromatic nitrogens is 5. The van der Waals surface area contributed by atoms with E-state index in [4.69, 9.17) is 16.6 Å². The van der Waals surface area contributed by atoms with Crippen molar-refractivity contribution in [2.24, 2.45) is 11.8 Å². The largest absolute Gasteiger partial charge is 0.439 e. The number of H-pyrrole nitrogens is 1. The Balaban J connectivity index is 1.64. The maximum absolute atomic E-state index is 11.4. The van der Waals surface area contributed by atoms with Gasteiger partial charge in [0, 0.05) is 23.3 Å². The first-order chi connectivity index (χ1) is 14.6. The van der Waals surface area contributed by atoms with E-state index < -0.39 is 5.76 Å². The number of hydrogen-bond donors (Lipinski definition) is 1. The zero-order valence-electron chi connectivity index (χ0n) is 16.6. The van der Waals surface area contributed by atoms with Gasteiger partial charge in [-0.15, -0.1) is 0 Å². The molecule has 0 spiro atoms. The minimum absolute atomic E-state index is 0.208. The van der Waals surface area contributed by atoms with Gasteiger partial charge in [0.2, 0.25) is 11.6 Å². The van der Waals surface area contributed by atoms with Crippen LogP contribution in [0, 0.1) is 11.8 Å². The van der Waals surface area contributed by atoms with Crippen LogP contribution in [-0.4, -0.2) is 24.7 Å². The summed E-state index contributed by atoms with van der Waals surface area (Å²) < 4.78 is 6.89. The minimum Gasteiger partial charge on any atom is -0.344 e. The average molecular weight is 424 g/mol. The number of nitrogens with one attached hydrogen (secondary N) is 1. The Labute approximate surface area is 178 Å². The van der Waals surface area contributed by atoms with Crippen LogP contribution >= 0.6 is 11.6 Å². The summed E-state index contributed by atoms with van der Waals surface area (Å²) in [5.41, 5.74) is 3.41. The summed E-state index contributed by atoms with van der Waals surface area (Å²) in [6.45, 7) is 3.27. The second-order valence-electron chi connectivity index (χ2n) is 8.18. The zero-order chi connectivity index (χ0) is 20.7. The quantitative estimate of drug-likeness (QED) is 0.503. The van der Waals surface area contributed by atoms with E-state index in [2.05, 4.69) is 37.3 Å². The van der Waals surface area contributed by atoms with Crippen molar-refractivity contribution >= 4 is 22.6 Å². The fraction of sp³-hybridized carbons (Fsp3) is 0.364. The molecule has 30 heavy (non-hydrogen) atoms. The van der Waals surface area contributed by atoms with E-state index in [1.165, 1.54) is 25.7 Å². The zero-order valence-corrected chi connectivity index (χ0v) is 17.4. The van der Waals surface area contributed by atoms with Gasteiger partial charge in [-0.05, 0) is 42.9 Å². The molecule has 3 heterocycles. The molecule has 0 amide bonds. The number of halogens is 1. The second-order valence-corrected chi connectivity index (χ2v) is 8.61. The third-order valence-electron chi connectivity index (χ3n) is 5.95. The van der Waals surface area contributed by atoms with E-state index in [0.717, 1.165) is 34.8 Å². The Morgan fingerprint density at radius 3 is 2.77 bits per heavy atom. The van der Waals surface area contributed by atoms with Crippen molar-refractivity contribution in [3.63, 3.8) is 0 Å². The molecule has 0 bridgehead atoms. The third kappa shape index (κ3) is 3.65. The summed E-state index contributed by atoms with van der Waals surface area (Å²) in [5.74, 6) is 1.35. The predicted molar refractivity (Wildman–Crippen MR) is 115 cm³/mol. The van der Waals surface area contributed by atoms with Gasteiger partial charge < -0.3 is 4.57 Å². The van der Waals surface area contributed by atoms with Gasteiger partial charge in [0.1, 0.15) is 0 Å². The summed E-state index contributed by atoms with van der Waals surface area (Å²) in [4.78, 5) is 23.3. The molecule has 3 aromatic heterocycles. The van der Waals surface area contributed by atoms with Crippen LogP contribution < -0.4 is 5.76 Å². The Kier molecular flexibility index (Phi) is 4.90. The number of aromatic amines is 1. The number of fused-ring (bicyclic) bond motifs is 1. The number of rotatable bonds is 4. The fourth-order valence-electron chi connectivity index (χ4n) is 4.32. The highest BCUT2D eigenvalue weighted by Crippen LogP contribution is 2.33. The lowest BCUT2D eigenvalue weighted by Gasteiger charge is -2.26. The summed E-state index contributed by atoms with van der Waals surface area (Å²) in [7, 11) is 0. The molecular weight excluding hydrogens is 402 g/mol. The van der Waals surface area contributed by atoms with Crippen LogP contribution in [0.1, 0.15) is 32.6 Å². The van der Waals surface area contributed by atoms with Crippen molar-refractivity contribution in [1.82, 2.24) is 24.7 Å². The van der Waals surface area contributed by atoms with Crippen LogP contribution in [0.4, 0.5) is 0 Å². The van der Waals surface area contributed by atoms with Gasteiger partial charge >= 0.3 is 5.76 Å². The van der Waals surface area contributed by atoms with Crippen molar-refractivity contribution in [3.05, 3.63) is 52.1 Å². The molecular formula is C22H22ClN5O2. The highest BCUT2D eigenvalue weighted by molar-refractivity contribution is 6.30. The molecule has 4 aromatic rings. The molecule has 1 aliphatic rings. The molecule has 1 aromatic carbocycles. The van der Waals surface area contributed by atoms with Gasteiger partial charge in [0.05, 0.1) is 16.7 Å². The normalized spacial score (nSPS) is 19.4. The number of nitrogens with zero attached hydrogens (tertiary/aromatic N) is 4. The van der Waals surface area contributed by atoms with E-state index in [1.54, 1.807) is 0 Å². The van der Waals surface area contributed by atoms with Crippen molar-refractivity contribution in [2.45, 2.75) is 39.2 Å². The molecule has 0 saturated heterocycles. The fourth-order valence-corrected chi connectivity index (χ4v) is 4.51. The average Bonchev–Trinajstić information content (AvgIpc) is 3.35. The van der Waals surface area contributed by atoms with E-state index in [-0.39, 0.29) is 5.82 Å². The van der Waals surface area contributed by atoms with Crippen LogP contribution in [0.2, 0.25) is 5.02 Å². The van der Waals surface area contributed by atoms with Gasteiger partial charge in [-0.1, -0.05) is 48.7 Å². The highest BCUT2D eigenvalue weighted by atomic mass is 35.5. The Morgan fingerprint density at radius 2 is 2.03 bits per heavy atom. The van der Waals surface area contributed by atoms with Gasteiger partial charge in [0.25, 0.3) is 0 Å². The molecule has 1 fully saturated rings. The molecule has 0 aliphatic heterocycles. The first kappa shape index (κ1) is 19.1. The first-order valence-corrected chi connectivity index (χ1v) is 10.6. The topological polar surface area (TPSA) is 89.6 Å². The van der Waals surface area contributed by atoms with Gasteiger partial charge in [-0.2, -0.15) is 0 Å². The molecule has 0 atom stereocenters. The maximum atomic E-state index is 11.4. The second kappa shape index (κ2) is 7.72. The van der Waals surface area contributed by atoms with Crippen LogP contribution in [0.25, 0.3) is 33.9 Å². The molecule has 0 radical (unpaired) electrons. The molecule has 7 nitrogen and oxygen atoms in total. The number of hydrogen-bond acceptors (Lipinski definition) is 5. The summed E-state index contributed by atoms with van der Waals surface area (Å²) in [6.07, 6.45) is 7.12. The van der Waals surface area contributed by atoms with Gasteiger partial charge in [-0.3, -0.25) is 9.51 Å². The standard InChI is InChI=1S/C22H22ClN5O2/c1-13-5-7-14(8-6-13)12-28-10-9-17-19(28)18(15-3-2-4-16(23)11-15)25-20(24-17)21-26-22(29)30-27-21/h2-4,9-11,13-14H,5-8,12H2,1H3,(H,26,27,29)/t13-,14-. The molecule has 1 N–H and O–H groups in total. The third-order valence-corrected chi connectivity index (χ3v) is 6.19. The Bertz CT molecular complexity index is 1250. The molecule has 0 unspecified atom stereocenters. The van der Waals surface area contributed by atoms with Crippen molar-refractivity contribution < 1.29 is 4.52 Å². The lowest BCUT2D eigenvalue weighted by atomic mass is 9.83. The van der Waals surface area contributed by atoms with E-state index >= 15 is 0 Å². The first-order valence-electron chi connectivity index (χ1n) is 10.3. The summed E-state index contributed by atoms with van der Waals surface area (Å²) >= 11 is 6.26. The van der Waals surface area contributed by atoms with Gasteiger partial charge in [0.15, 0.2) is 0 Å². The summed E-state index contributed by atoms with van der Waals surface area (Å²) in [6, 6.07) is 9.58. The van der Waals surface area contributed by atoms with E-state index in [9.17, 15) is 4.79 Å². The predicted octanol–water partition coefficient (Wildman–Crippen LogP) is 4.92. The smallest absolute Gasteiger partial charge is 0.344 e. The Hall–Kier alpha value is -2.93. The maximum Gasteiger partial charge on any atom is 0.439 e. The van der Waals surface area contributed by atoms with Crippen molar-refractivity contribution in [3.8, 4) is 22.9 Å². The van der Waals surface area contributed by atoms with E-state index in [0.29, 0.717) is 16.8 Å². The highest BCUT2D eigenvalue weighted by Gasteiger charge is 2.22. The number of benzene rings is 1. The molecule has 5 rings (SSSR count). The molecule has 1 saturated carbocycles. The SMILES string of the molecule is C[C@H]1CC[C@H](Cn2ccc3nc(-c4noc(=O)[nH]4)nc(-c4cccc(Cl)c4)c32)CC1. The molecule has 1 aliphatic carbocycles. The lowest BCUT2D eigenvalue weighted by Crippen LogP contribution is -2.17. The lowest BCUT2D eigenvalue weighted by molar-refractivity contribution is 0.267. The van der Waals surface area contributed by atoms with Crippen LogP contribution in [-0.2, 0) is 6.54 Å². The molecule has 154 valence electrons.